The van der Waals surface area contributed by atoms with E-state index in [9.17, 15) is 4.79 Å². The van der Waals surface area contributed by atoms with Gasteiger partial charge in [0.05, 0.1) is 17.5 Å². The molecule has 2 aromatic rings. The van der Waals surface area contributed by atoms with Crippen molar-refractivity contribution in [2.75, 3.05) is 12.3 Å². The first-order valence-electron chi connectivity index (χ1n) is 6.30. The average molecular weight is 327 g/mol. The van der Waals surface area contributed by atoms with Gasteiger partial charge in [-0.3, -0.25) is 9.36 Å². The minimum atomic E-state index is -0.561. The van der Waals surface area contributed by atoms with Crippen LogP contribution in [0.15, 0.2) is 35.7 Å². The Morgan fingerprint density at radius 3 is 3.10 bits per heavy atom. The molecule has 0 aliphatic rings. The molecule has 1 atom stereocenters. The van der Waals surface area contributed by atoms with Gasteiger partial charge in [0.15, 0.2) is 5.16 Å². The SMILES string of the molecule is CC(O)CNC(=O)CSc1nncn1-c1cccc(Cl)c1. The van der Waals surface area contributed by atoms with Crippen molar-refractivity contribution in [3.05, 3.63) is 35.6 Å². The third kappa shape index (κ3) is 4.73. The predicted molar refractivity (Wildman–Crippen MR) is 81.8 cm³/mol. The predicted octanol–water partition coefficient (Wildman–Crippen LogP) is 1.51. The van der Waals surface area contributed by atoms with Gasteiger partial charge < -0.3 is 10.4 Å². The van der Waals surface area contributed by atoms with Gasteiger partial charge in [0.25, 0.3) is 0 Å². The zero-order valence-corrected chi connectivity index (χ0v) is 12.9. The number of aromatic nitrogens is 3. The molecule has 0 saturated carbocycles. The molecule has 0 bridgehead atoms. The maximum atomic E-state index is 11.6. The van der Waals surface area contributed by atoms with Crippen molar-refractivity contribution >= 4 is 29.3 Å². The maximum Gasteiger partial charge on any atom is 0.230 e. The van der Waals surface area contributed by atoms with Crippen LogP contribution in [0, 0.1) is 0 Å². The van der Waals surface area contributed by atoms with E-state index in [1.54, 1.807) is 30.0 Å². The quantitative estimate of drug-likeness (QED) is 0.787. The van der Waals surface area contributed by atoms with E-state index >= 15 is 0 Å². The highest BCUT2D eigenvalue weighted by atomic mass is 35.5. The molecular weight excluding hydrogens is 312 g/mol. The number of halogens is 1. The Kier molecular flexibility index (Phi) is 5.60. The first-order chi connectivity index (χ1) is 10.1. The third-order valence-corrected chi connectivity index (χ3v) is 3.71. The van der Waals surface area contributed by atoms with Crippen LogP contribution in [0.5, 0.6) is 0 Å². The van der Waals surface area contributed by atoms with Gasteiger partial charge in [-0.25, -0.2) is 0 Å². The molecule has 1 amide bonds. The van der Waals surface area contributed by atoms with E-state index in [1.165, 1.54) is 11.8 Å². The van der Waals surface area contributed by atoms with Gasteiger partial charge in [-0.2, -0.15) is 0 Å². The molecule has 6 nitrogen and oxygen atoms in total. The number of rotatable bonds is 6. The third-order valence-electron chi connectivity index (χ3n) is 2.53. The first-order valence-corrected chi connectivity index (χ1v) is 7.66. The van der Waals surface area contributed by atoms with Crippen LogP contribution in [0.3, 0.4) is 0 Å². The van der Waals surface area contributed by atoms with Crippen molar-refractivity contribution in [3.8, 4) is 5.69 Å². The Morgan fingerprint density at radius 1 is 1.57 bits per heavy atom. The molecule has 21 heavy (non-hydrogen) atoms. The van der Waals surface area contributed by atoms with Gasteiger partial charge >= 0.3 is 0 Å². The Bertz CT molecular complexity index is 618. The summed E-state index contributed by atoms with van der Waals surface area (Å²) in [6.45, 7) is 1.85. The summed E-state index contributed by atoms with van der Waals surface area (Å²) in [5.41, 5.74) is 0.833. The van der Waals surface area contributed by atoms with Crippen LogP contribution in [0.1, 0.15) is 6.92 Å². The van der Waals surface area contributed by atoms with Crippen LogP contribution >= 0.6 is 23.4 Å². The van der Waals surface area contributed by atoms with Gasteiger partial charge in [0, 0.05) is 11.6 Å². The summed E-state index contributed by atoms with van der Waals surface area (Å²) in [6, 6.07) is 7.29. The van der Waals surface area contributed by atoms with Crippen LogP contribution in [0.4, 0.5) is 0 Å². The molecule has 2 N–H and O–H groups in total. The van der Waals surface area contributed by atoms with Crippen molar-refractivity contribution in [3.63, 3.8) is 0 Å². The summed E-state index contributed by atoms with van der Waals surface area (Å²) in [5.74, 6) is 0.0351. The van der Waals surface area contributed by atoms with Crippen molar-refractivity contribution in [1.29, 1.82) is 0 Å². The van der Waals surface area contributed by atoms with Gasteiger partial charge in [-0.15, -0.1) is 10.2 Å². The topological polar surface area (TPSA) is 80.0 Å². The molecule has 1 aromatic carbocycles. The van der Waals surface area contributed by atoms with E-state index in [2.05, 4.69) is 15.5 Å². The van der Waals surface area contributed by atoms with E-state index in [0.717, 1.165) is 5.69 Å². The largest absolute Gasteiger partial charge is 0.392 e. The minimum Gasteiger partial charge on any atom is -0.392 e. The summed E-state index contributed by atoms with van der Waals surface area (Å²) in [4.78, 5) is 11.6. The number of benzene rings is 1. The number of aliphatic hydroxyl groups excluding tert-OH is 1. The summed E-state index contributed by atoms with van der Waals surface area (Å²) >= 11 is 7.23. The van der Waals surface area contributed by atoms with Crippen molar-refractivity contribution in [2.24, 2.45) is 0 Å². The number of carbonyl (C=O) groups is 1. The molecule has 0 spiro atoms. The summed E-state index contributed by atoms with van der Waals surface area (Å²) < 4.78 is 1.76. The zero-order chi connectivity index (χ0) is 15.2. The fourth-order valence-corrected chi connectivity index (χ4v) is 2.51. The number of hydrogen-bond acceptors (Lipinski definition) is 5. The van der Waals surface area contributed by atoms with Gasteiger partial charge in [0.1, 0.15) is 6.33 Å². The molecule has 0 aliphatic heterocycles. The lowest BCUT2D eigenvalue weighted by Crippen LogP contribution is -2.31. The van der Waals surface area contributed by atoms with E-state index < -0.39 is 6.10 Å². The van der Waals surface area contributed by atoms with Gasteiger partial charge in [0.2, 0.25) is 5.91 Å². The molecule has 0 radical (unpaired) electrons. The molecule has 112 valence electrons. The fourth-order valence-electron chi connectivity index (χ4n) is 1.57. The second-order valence-electron chi connectivity index (χ2n) is 4.41. The number of amides is 1. The normalized spacial score (nSPS) is 12.1. The summed E-state index contributed by atoms with van der Waals surface area (Å²) in [5, 5.41) is 20.8. The van der Waals surface area contributed by atoms with Gasteiger partial charge in [-0.1, -0.05) is 29.4 Å². The number of nitrogens with one attached hydrogen (secondary N) is 1. The molecular formula is C13H15ClN4O2S. The molecule has 1 heterocycles. The molecule has 1 aromatic heterocycles. The molecule has 8 heteroatoms. The molecule has 0 saturated heterocycles. The Hall–Kier alpha value is -1.57. The van der Waals surface area contributed by atoms with Crippen LogP contribution < -0.4 is 5.32 Å². The molecule has 2 rings (SSSR count). The van der Waals surface area contributed by atoms with Crippen molar-refractivity contribution in [2.45, 2.75) is 18.2 Å². The lowest BCUT2D eigenvalue weighted by molar-refractivity contribution is -0.118. The average Bonchev–Trinajstić information content (AvgIpc) is 2.91. The fraction of sp³-hybridized carbons (Fsp3) is 0.308. The molecule has 0 aliphatic carbocycles. The number of hydrogen-bond donors (Lipinski definition) is 2. The molecule has 0 fully saturated rings. The second-order valence-corrected chi connectivity index (χ2v) is 5.78. The Balaban J connectivity index is 1.99. The highest BCUT2D eigenvalue weighted by Gasteiger charge is 2.10. The van der Waals surface area contributed by atoms with Crippen LogP contribution in [0.25, 0.3) is 5.69 Å². The van der Waals surface area contributed by atoms with Crippen molar-refractivity contribution < 1.29 is 9.90 Å². The maximum absolute atomic E-state index is 11.6. The lowest BCUT2D eigenvalue weighted by Gasteiger charge is -2.08. The summed E-state index contributed by atoms with van der Waals surface area (Å²) in [7, 11) is 0. The Labute approximate surface area is 131 Å². The summed E-state index contributed by atoms with van der Waals surface area (Å²) in [6.07, 6.45) is 1.01. The standard InChI is InChI=1S/C13H15ClN4O2S/c1-9(19)6-15-12(20)7-21-13-17-16-8-18(13)11-4-2-3-10(14)5-11/h2-5,8-9,19H,6-7H2,1H3,(H,15,20). The highest BCUT2D eigenvalue weighted by molar-refractivity contribution is 7.99. The van der Waals surface area contributed by atoms with E-state index in [4.69, 9.17) is 16.7 Å². The monoisotopic (exact) mass is 326 g/mol. The van der Waals surface area contributed by atoms with E-state index in [0.29, 0.717) is 10.2 Å². The first kappa shape index (κ1) is 15.8. The smallest absolute Gasteiger partial charge is 0.230 e. The van der Waals surface area contributed by atoms with Crippen LogP contribution in [-0.2, 0) is 4.79 Å². The molecule has 1 unspecified atom stereocenters. The number of nitrogens with zero attached hydrogens (tertiary/aromatic N) is 3. The van der Waals surface area contributed by atoms with E-state index in [-0.39, 0.29) is 18.2 Å². The van der Waals surface area contributed by atoms with E-state index in [1.807, 2.05) is 12.1 Å². The highest BCUT2D eigenvalue weighted by Crippen LogP contribution is 2.21. The lowest BCUT2D eigenvalue weighted by atomic mass is 10.3. The zero-order valence-electron chi connectivity index (χ0n) is 11.4. The minimum absolute atomic E-state index is 0.165. The van der Waals surface area contributed by atoms with Gasteiger partial charge in [-0.05, 0) is 25.1 Å². The van der Waals surface area contributed by atoms with Crippen LogP contribution in [-0.4, -0.2) is 44.2 Å². The number of aliphatic hydroxyl groups is 1. The number of thioether (sulfide) groups is 1. The Morgan fingerprint density at radius 2 is 2.38 bits per heavy atom. The van der Waals surface area contributed by atoms with Crippen molar-refractivity contribution in [1.82, 2.24) is 20.1 Å². The number of carbonyl (C=O) groups excluding carboxylic acids is 1. The van der Waals surface area contributed by atoms with Crippen LogP contribution in [0.2, 0.25) is 5.02 Å². The second kappa shape index (κ2) is 7.44.